The maximum atomic E-state index is 13.7. The van der Waals surface area contributed by atoms with Crippen molar-refractivity contribution >= 4 is 23.4 Å². The van der Waals surface area contributed by atoms with Gasteiger partial charge in [-0.1, -0.05) is 36.4 Å². The number of halogens is 2. The van der Waals surface area contributed by atoms with Crippen molar-refractivity contribution in [2.75, 3.05) is 5.32 Å². The highest BCUT2D eigenvalue weighted by Crippen LogP contribution is 2.29. The van der Waals surface area contributed by atoms with Gasteiger partial charge in [-0.05, 0) is 42.0 Å². The van der Waals surface area contributed by atoms with Crippen LogP contribution in [0.4, 0.5) is 14.6 Å². The number of aromatic nitrogens is 2. The lowest BCUT2D eigenvalue weighted by molar-refractivity contribution is -0.111. The first-order valence-corrected chi connectivity index (χ1v) is 8.58. The summed E-state index contributed by atoms with van der Waals surface area (Å²) >= 11 is 0. The van der Waals surface area contributed by atoms with E-state index in [0.717, 1.165) is 17.7 Å². The fourth-order valence-electron chi connectivity index (χ4n) is 2.85. The van der Waals surface area contributed by atoms with Gasteiger partial charge in [0, 0.05) is 17.8 Å². The molecule has 0 saturated heterocycles. The zero-order chi connectivity index (χ0) is 19.5. The van der Waals surface area contributed by atoms with E-state index in [1.807, 2.05) is 30.3 Å². The van der Waals surface area contributed by atoms with Crippen LogP contribution in [0.3, 0.4) is 0 Å². The van der Waals surface area contributed by atoms with Crippen LogP contribution in [0.15, 0.2) is 79.0 Å². The number of carbonyl (C=O) groups excluding carboxylic acids is 1. The fourth-order valence-corrected chi connectivity index (χ4v) is 2.85. The lowest BCUT2D eigenvalue weighted by atomic mass is 10.1. The summed E-state index contributed by atoms with van der Waals surface area (Å²) in [4.78, 5) is 16.9. The average molecular weight is 375 g/mol. The molecule has 6 heteroatoms. The van der Waals surface area contributed by atoms with Gasteiger partial charge in [-0.15, -0.1) is 0 Å². The van der Waals surface area contributed by atoms with Gasteiger partial charge in [0.15, 0.2) is 11.6 Å². The molecule has 0 aliphatic heterocycles. The number of hydrogen-bond acceptors (Lipinski definition) is 2. The number of hydrogen-bond donors (Lipinski definition) is 1. The number of imidazole rings is 1. The van der Waals surface area contributed by atoms with Gasteiger partial charge in [0.2, 0.25) is 5.91 Å². The van der Waals surface area contributed by atoms with Crippen LogP contribution in [0.2, 0.25) is 0 Å². The van der Waals surface area contributed by atoms with Gasteiger partial charge in [0.25, 0.3) is 0 Å². The standard InChI is InChI=1S/C22H15F2N3O/c23-17-11-10-16(14-18(17)24)21-22(27-13-5-4-8-19(27)25-21)26-20(28)12-9-15-6-2-1-3-7-15/h1-14H,(H,26,28)/b12-9+. The minimum Gasteiger partial charge on any atom is -0.306 e. The Bertz CT molecular complexity index is 1180. The van der Waals surface area contributed by atoms with E-state index >= 15 is 0 Å². The smallest absolute Gasteiger partial charge is 0.249 e. The Kier molecular flexibility index (Phi) is 4.68. The van der Waals surface area contributed by atoms with E-state index in [1.54, 1.807) is 34.9 Å². The predicted octanol–water partition coefficient (Wildman–Crippen LogP) is 4.93. The quantitative estimate of drug-likeness (QED) is 0.514. The highest BCUT2D eigenvalue weighted by molar-refractivity contribution is 6.03. The third-order valence-electron chi connectivity index (χ3n) is 4.19. The molecular formula is C22H15F2N3O. The molecule has 2 heterocycles. The Hall–Kier alpha value is -3.80. The molecule has 1 N–H and O–H groups in total. The normalized spacial score (nSPS) is 11.2. The number of pyridine rings is 1. The molecule has 2 aromatic carbocycles. The van der Waals surface area contributed by atoms with Crippen molar-refractivity contribution in [2.45, 2.75) is 0 Å². The highest BCUT2D eigenvalue weighted by atomic mass is 19.2. The summed E-state index contributed by atoms with van der Waals surface area (Å²) in [6, 6.07) is 18.3. The van der Waals surface area contributed by atoms with Crippen molar-refractivity contribution in [3.63, 3.8) is 0 Å². The monoisotopic (exact) mass is 375 g/mol. The summed E-state index contributed by atoms with van der Waals surface area (Å²) in [6.07, 6.45) is 4.84. The van der Waals surface area contributed by atoms with Crippen LogP contribution in [0, 0.1) is 11.6 Å². The van der Waals surface area contributed by atoms with Crippen LogP contribution in [-0.4, -0.2) is 15.3 Å². The lowest BCUT2D eigenvalue weighted by Gasteiger charge is -2.06. The third kappa shape index (κ3) is 3.53. The van der Waals surface area contributed by atoms with E-state index in [1.165, 1.54) is 12.1 Å². The minimum atomic E-state index is -0.976. The summed E-state index contributed by atoms with van der Waals surface area (Å²) in [5.41, 5.74) is 2.18. The molecule has 4 aromatic rings. The molecule has 0 spiro atoms. The Morgan fingerprint density at radius 3 is 2.54 bits per heavy atom. The molecule has 0 aliphatic rings. The van der Waals surface area contributed by atoms with Gasteiger partial charge < -0.3 is 5.32 Å². The minimum absolute atomic E-state index is 0.353. The second-order valence-corrected chi connectivity index (χ2v) is 6.10. The zero-order valence-electron chi connectivity index (χ0n) is 14.6. The molecule has 4 nitrogen and oxygen atoms in total. The number of benzene rings is 2. The Morgan fingerprint density at radius 1 is 0.964 bits per heavy atom. The second kappa shape index (κ2) is 7.44. The van der Waals surface area contributed by atoms with Crippen molar-refractivity contribution in [1.82, 2.24) is 9.38 Å². The van der Waals surface area contributed by atoms with E-state index in [-0.39, 0.29) is 5.91 Å². The fraction of sp³-hybridized carbons (Fsp3) is 0. The molecule has 0 radical (unpaired) electrons. The average Bonchev–Trinajstić information content (AvgIpc) is 3.08. The molecule has 0 aliphatic carbocycles. The van der Waals surface area contributed by atoms with Gasteiger partial charge in [-0.25, -0.2) is 13.8 Å². The van der Waals surface area contributed by atoms with E-state index < -0.39 is 11.6 Å². The van der Waals surface area contributed by atoms with Crippen molar-refractivity contribution in [1.29, 1.82) is 0 Å². The number of carbonyl (C=O) groups is 1. The highest BCUT2D eigenvalue weighted by Gasteiger charge is 2.17. The van der Waals surface area contributed by atoms with Gasteiger partial charge >= 0.3 is 0 Å². The SMILES string of the molecule is O=C(/C=C/c1ccccc1)Nc1c(-c2ccc(F)c(F)c2)nc2ccccn12. The summed E-state index contributed by atoms with van der Waals surface area (Å²) in [6.45, 7) is 0. The summed E-state index contributed by atoms with van der Waals surface area (Å²) < 4.78 is 28.7. The van der Waals surface area contributed by atoms with Crippen molar-refractivity contribution in [2.24, 2.45) is 0 Å². The van der Waals surface area contributed by atoms with Gasteiger partial charge in [-0.3, -0.25) is 9.20 Å². The Balaban J connectivity index is 1.72. The van der Waals surface area contributed by atoms with Gasteiger partial charge in [-0.2, -0.15) is 0 Å². The molecule has 0 atom stereocenters. The number of fused-ring (bicyclic) bond motifs is 1. The number of nitrogens with one attached hydrogen (secondary N) is 1. The molecule has 4 rings (SSSR count). The number of anilines is 1. The maximum absolute atomic E-state index is 13.7. The maximum Gasteiger partial charge on any atom is 0.249 e. The second-order valence-electron chi connectivity index (χ2n) is 6.10. The molecule has 2 aromatic heterocycles. The van der Waals surface area contributed by atoms with Gasteiger partial charge in [0.1, 0.15) is 17.2 Å². The molecule has 0 bridgehead atoms. The molecule has 0 saturated carbocycles. The first-order chi connectivity index (χ1) is 13.6. The van der Waals surface area contributed by atoms with Gasteiger partial charge in [0.05, 0.1) is 0 Å². The van der Waals surface area contributed by atoms with E-state index in [2.05, 4.69) is 10.3 Å². The van der Waals surface area contributed by atoms with E-state index in [9.17, 15) is 13.6 Å². The first kappa shape index (κ1) is 17.6. The number of nitrogens with zero attached hydrogens (tertiary/aromatic N) is 2. The first-order valence-electron chi connectivity index (χ1n) is 8.58. The predicted molar refractivity (Wildman–Crippen MR) is 105 cm³/mol. The zero-order valence-corrected chi connectivity index (χ0v) is 14.6. The van der Waals surface area contributed by atoms with Crippen LogP contribution >= 0.6 is 0 Å². The van der Waals surface area contributed by atoms with E-state index in [4.69, 9.17) is 0 Å². The lowest BCUT2D eigenvalue weighted by Crippen LogP contribution is -2.10. The van der Waals surface area contributed by atoms with Crippen molar-refractivity contribution < 1.29 is 13.6 Å². The van der Waals surface area contributed by atoms with Crippen LogP contribution in [0.1, 0.15) is 5.56 Å². The number of rotatable bonds is 4. The van der Waals surface area contributed by atoms with Crippen molar-refractivity contribution in [3.05, 3.63) is 96.2 Å². The largest absolute Gasteiger partial charge is 0.306 e. The molecular weight excluding hydrogens is 360 g/mol. The number of amides is 1. The third-order valence-corrected chi connectivity index (χ3v) is 4.19. The Labute approximate surface area is 159 Å². The van der Waals surface area contributed by atoms with Crippen LogP contribution < -0.4 is 5.32 Å². The van der Waals surface area contributed by atoms with Crippen LogP contribution in [-0.2, 0) is 4.79 Å². The molecule has 28 heavy (non-hydrogen) atoms. The molecule has 138 valence electrons. The molecule has 1 amide bonds. The van der Waals surface area contributed by atoms with Crippen LogP contribution in [0.5, 0.6) is 0 Å². The van der Waals surface area contributed by atoms with Crippen molar-refractivity contribution in [3.8, 4) is 11.3 Å². The molecule has 0 fully saturated rings. The summed E-state index contributed by atoms with van der Waals surface area (Å²) in [5.74, 6) is -1.90. The Morgan fingerprint density at radius 2 is 1.75 bits per heavy atom. The van der Waals surface area contributed by atoms with Crippen LogP contribution in [0.25, 0.3) is 23.0 Å². The molecule has 0 unspecified atom stereocenters. The summed E-state index contributed by atoms with van der Waals surface area (Å²) in [5, 5.41) is 2.79. The van der Waals surface area contributed by atoms with E-state index in [0.29, 0.717) is 22.7 Å². The summed E-state index contributed by atoms with van der Waals surface area (Å²) in [7, 11) is 0. The topological polar surface area (TPSA) is 46.4 Å².